The first-order valence-electron chi connectivity index (χ1n) is 9.00. The number of nitrogens with zero attached hydrogens (tertiary/aromatic N) is 1. The van der Waals surface area contributed by atoms with Gasteiger partial charge in [-0.2, -0.15) is 0 Å². The summed E-state index contributed by atoms with van der Waals surface area (Å²) in [4.78, 5) is 4.63. The second kappa shape index (κ2) is 9.67. The van der Waals surface area contributed by atoms with Crippen LogP contribution in [0.3, 0.4) is 0 Å². The number of nitrogens with one attached hydrogen (secondary N) is 1. The van der Waals surface area contributed by atoms with Gasteiger partial charge in [0.15, 0.2) is 0 Å². The van der Waals surface area contributed by atoms with Crippen molar-refractivity contribution in [1.29, 1.82) is 0 Å². The summed E-state index contributed by atoms with van der Waals surface area (Å²) in [6, 6.07) is 16.9. The third kappa shape index (κ3) is 6.37. The maximum Gasteiger partial charge on any atom is 0.123 e. The summed E-state index contributed by atoms with van der Waals surface area (Å²) in [5.41, 5.74) is 5.36. The zero-order chi connectivity index (χ0) is 19.8. The van der Waals surface area contributed by atoms with Crippen LogP contribution in [0, 0.1) is 12.7 Å². The topological polar surface area (TPSA) is 24.9 Å². The van der Waals surface area contributed by atoms with Crippen molar-refractivity contribution in [2.24, 2.45) is 0 Å². The molecule has 0 aliphatic rings. The number of aromatic nitrogens is 1. The molecule has 0 aliphatic carbocycles. The van der Waals surface area contributed by atoms with E-state index in [0.717, 1.165) is 34.6 Å². The Kier molecular flexibility index (Phi) is 7.30. The fourth-order valence-electron chi connectivity index (χ4n) is 2.78. The fourth-order valence-corrected chi connectivity index (χ4v) is 2.78. The Morgan fingerprint density at radius 2 is 1.81 bits per heavy atom. The number of pyridine rings is 1. The van der Waals surface area contributed by atoms with Crippen molar-refractivity contribution in [2.45, 2.75) is 27.2 Å². The molecule has 27 heavy (non-hydrogen) atoms. The lowest BCUT2D eigenvalue weighted by molar-refractivity contribution is 0.627. The third-order valence-electron chi connectivity index (χ3n) is 4.14. The van der Waals surface area contributed by atoms with E-state index in [4.69, 9.17) is 0 Å². The fraction of sp³-hybridized carbons (Fsp3) is 0.208. The highest BCUT2D eigenvalue weighted by Gasteiger charge is 2.03. The summed E-state index contributed by atoms with van der Waals surface area (Å²) >= 11 is 0. The molecule has 144 valence electrons. The summed E-state index contributed by atoms with van der Waals surface area (Å²) < 4.78 is 12.9. The Morgan fingerprint density at radius 3 is 2.41 bits per heavy atom. The van der Waals surface area contributed by atoms with E-state index in [1.807, 2.05) is 58.2 Å². The highest BCUT2D eigenvalue weighted by atomic mass is 19.1. The summed E-state index contributed by atoms with van der Waals surface area (Å²) in [5.74, 6) is -0.202. The largest absolute Gasteiger partial charge is 0.392 e. The summed E-state index contributed by atoms with van der Waals surface area (Å²) in [6.07, 6.45) is 2.73. The van der Waals surface area contributed by atoms with Gasteiger partial charge >= 0.3 is 0 Å². The van der Waals surface area contributed by atoms with E-state index in [-0.39, 0.29) is 8.67 Å². The van der Waals surface area contributed by atoms with Crippen molar-refractivity contribution in [3.63, 3.8) is 0 Å². The molecule has 0 spiro atoms. The predicted octanol–water partition coefficient (Wildman–Crippen LogP) is 6.45. The summed E-state index contributed by atoms with van der Waals surface area (Å²) in [5, 5.41) is 5.38. The standard InChI is InChI=1S/C17H14FN.C7H13N.2H2/c1-12-17-5-3-2-4-14(17)11-16(19-12)10-13-6-8-15(18)9-7-13;1-6(2)5-7(3)8-4;;/h2-9,11H,10H2,1H3;5,8H,1H2,2-4H3;2*1H/b;7-5-;;. The van der Waals surface area contributed by atoms with Crippen LogP contribution in [0.15, 0.2) is 78.5 Å². The minimum atomic E-state index is -0.202. The molecule has 1 heterocycles. The van der Waals surface area contributed by atoms with Gasteiger partial charge in [-0.15, -0.1) is 0 Å². The SMILES string of the molecule is C=C(C)/C=C(/C)NC.Cc1nc(Cc2ccc(F)cc2)cc2ccccc12.[HH].[HH]. The van der Waals surface area contributed by atoms with Gasteiger partial charge < -0.3 is 5.32 Å². The molecule has 1 N–H and O–H groups in total. The molecule has 0 fully saturated rings. The number of hydrogen-bond acceptors (Lipinski definition) is 2. The molecule has 2 nitrogen and oxygen atoms in total. The van der Waals surface area contributed by atoms with Crippen LogP contribution in [0.5, 0.6) is 0 Å². The Hall–Kier alpha value is -2.94. The molecule has 0 saturated heterocycles. The first-order valence-corrected chi connectivity index (χ1v) is 9.00. The number of halogens is 1. The highest BCUT2D eigenvalue weighted by molar-refractivity contribution is 5.84. The van der Waals surface area contributed by atoms with E-state index in [1.54, 1.807) is 0 Å². The molecule has 0 atom stereocenters. The molecule has 2 aromatic carbocycles. The van der Waals surface area contributed by atoms with E-state index in [9.17, 15) is 4.39 Å². The smallest absolute Gasteiger partial charge is 0.123 e. The Bertz CT molecular complexity index is 951. The van der Waals surface area contributed by atoms with Crippen LogP contribution in [0.1, 0.15) is 33.7 Å². The van der Waals surface area contributed by atoms with E-state index in [2.05, 4.69) is 35.1 Å². The van der Waals surface area contributed by atoms with Gasteiger partial charge in [-0.3, -0.25) is 4.98 Å². The number of hydrogen-bond donors (Lipinski definition) is 1. The van der Waals surface area contributed by atoms with Crippen LogP contribution in [0.2, 0.25) is 0 Å². The normalized spacial score (nSPS) is 10.9. The van der Waals surface area contributed by atoms with Gasteiger partial charge in [-0.05, 0) is 56.0 Å². The maximum absolute atomic E-state index is 12.9. The Labute approximate surface area is 164 Å². The molecular formula is C24H31FN2. The molecule has 1 aromatic heterocycles. The number of aryl methyl sites for hydroxylation is 1. The molecule has 0 amide bonds. The zero-order valence-electron chi connectivity index (χ0n) is 16.5. The van der Waals surface area contributed by atoms with Gasteiger partial charge in [-0.1, -0.05) is 48.6 Å². The van der Waals surface area contributed by atoms with E-state index < -0.39 is 0 Å². The molecule has 3 aromatic rings. The molecule has 0 aliphatic heterocycles. The van der Waals surface area contributed by atoms with Gasteiger partial charge in [-0.25, -0.2) is 4.39 Å². The predicted molar refractivity (Wildman–Crippen MR) is 118 cm³/mol. The Balaban J connectivity index is 0.000000681. The van der Waals surface area contributed by atoms with Gasteiger partial charge in [0, 0.05) is 38.8 Å². The minimum Gasteiger partial charge on any atom is -0.392 e. The lowest BCUT2D eigenvalue weighted by Crippen LogP contribution is -2.00. The summed E-state index contributed by atoms with van der Waals surface area (Å²) in [6.45, 7) is 9.73. The second-order valence-electron chi connectivity index (χ2n) is 6.65. The van der Waals surface area contributed by atoms with E-state index in [0.29, 0.717) is 0 Å². The van der Waals surface area contributed by atoms with Gasteiger partial charge in [0.1, 0.15) is 5.82 Å². The van der Waals surface area contributed by atoms with Gasteiger partial charge in [0.05, 0.1) is 0 Å². The van der Waals surface area contributed by atoms with Crippen LogP contribution in [0.25, 0.3) is 10.8 Å². The van der Waals surface area contributed by atoms with E-state index >= 15 is 0 Å². The van der Waals surface area contributed by atoms with Crippen molar-refractivity contribution in [1.82, 2.24) is 10.3 Å². The van der Waals surface area contributed by atoms with Crippen molar-refractivity contribution in [2.75, 3.05) is 7.05 Å². The van der Waals surface area contributed by atoms with Crippen LogP contribution < -0.4 is 5.32 Å². The third-order valence-corrected chi connectivity index (χ3v) is 4.14. The minimum absolute atomic E-state index is 0. The van der Waals surface area contributed by atoms with Crippen molar-refractivity contribution in [3.8, 4) is 0 Å². The quantitative estimate of drug-likeness (QED) is 0.537. The van der Waals surface area contributed by atoms with Crippen molar-refractivity contribution >= 4 is 10.8 Å². The Morgan fingerprint density at radius 1 is 1.15 bits per heavy atom. The number of allylic oxidation sites excluding steroid dienone is 3. The first-order chi connectivity index (χ1) is 12.9. The number of rotatable bonds is 4. The summed E-state index contributed by atoms with van der Waals surface area (Å²) in [7, 11) is 1.90. The first kappa shape index (κ1) is 20.4. The molecule has 0 radical (unpaired) electrons. The second-order valence-corrected chi connectivity index (χ2v) is 6.65. The van der Waals surface area contributed by atoms with Crippen LogP contribution in [-0.2, 0) is 6.42 Å². The monoisotopic (exact) mass is 366 g/mol. The van der Waals surface area contributed by atoms with Gasteiger partial charge in [0.2, 0.25) is 0 Å². The van der Waals surface area contributed by atoms with Crippen LogP contribution in [0.4, 0.5) is 4.39 Å². The molecule has 0 saturated carbocycles. The van der Waals surface area contributed by atoms with Crippen molar-refractivity contribution < 1.29 is 7.24 Å². The average molecular weight is 367 g/mol. The zero-order valence-corrected chi connectivity index (χ0v) is 16.5. The van der Waals surface area contributed by atoms with Crippen LogP contribution in [-0.4, -0.2) is 12.0 Å². The highest BCUT2D eigenvalue weighted by Crippen LogP contribution is 2.19. The van der Waals surface area contributed by atoms with Gasteiger partial charge in [0.25, 0.3) is 0 Å². The number of benzene rings is 2. The molecule has 3 rings (SSSR count). The lowest BCUT2D eigenvalue weighted by Gasteiger charge is -2.06. The molecule has 0 bridgehead atoms. The molecule has 0 unspecified atom stereocenters. The average Bonchev–Trinajstić information content (AvgIpc) is 2.64. The van der Waals surface area contributed by atoms with Crippen molar-refractivity contribution in [3.05, 3.63) is 101 Å². The maximum atomic E-state index is 12.9. The van der Waals surface area contributed by atoms with E-state index in [1.165, 1.54) is 22.9 Å². The van der Waals surface area contributed by atoms with Crippen LogP contribution >= 0.6 is 0 Å². The molecular weight excluding hydrogens is 335 g/mol. The lowest BCUT2D eigenvalue weighted by atomic mass is 10.0. The number of fused-ring (bicyclic) bond motifs is 1. The molecule has 3 heteroatoms.